The maximum absolute atomic E-state index is 13.6. The van der Waals surface area contributed by atoms with E-state index in [4.69, 9.17) is 11.6 Å². The van der Waals surface area contributed by atoms with E-state index >= 15 is 0 Å². The number of nitrogens with zero attached hydrogens (tertiary/aromatic N) is 3. The Labute approximate surface area is 154 Å². The van der Waals surface area contributed by atoms with Gasteiger partial charge in [-0.05, 0) is 50.9 Å². The molecule has 0 N–H and O–H groups in total. The molecule has 1 aromatic rings. The predicted molar refractivity (Wildman–Crippen MR) is 98.6 cm³/mol. The minimum atomic E-state index is -0.536. The molecule has 2 fully saturated rings. The van der Waals surface area contributed by atoms with Gasteiger partial charge in [0.15, 0.2) is 0 Å². The molecule has 2 aliphatic heterocycles. The SMILES string of the molecule is CC(C1CCN(C(=O)c2ccc(Cl)c(F)c2)CC1)N1CCN(C)CC1. The molecule has 1 atom stereocenters. The number of carbonyl (C=O) groups excluding carboxylic acids is 1. The zero-order valence-electron chi connectivity index (χ0n) is 15.0. The third-order valence-corrected chi connectivity index (χ3v) is 6.10. The molecular formula is C19H27ClFN3O. The fourth-order valence-corrected chi connectivity index (χ4v) is 4.04. The third kappa shape index (κ3) is 4.33. The first-order valence-corrected chi connectivity index (χ1v) is 9.50. The standard InChI is InChI=1S/C19H27ClFN3O/c1-14(23-11-9-22(2)10-12-23)15-5-7-24(8-6-15)19(25)16-3-4-17(20)18(21)13-16/h3-4,13-15H,5-12H2,1-2H3. The largest absolute Gasteiger partial charge is 0.339 e. The average Bonchev–Trinajstić information content (AvgIpc) is 2.63. The number of likely N-dealkylation sites (N-methyl/N-ethyl adjacent to an activating group) is 1. The summed E-state index contributed by atoms with van der Waals surface area (Å²) < 4.78 is 13.6. The van der Waals surface area contributed by atoms with E-state index in [0.29, 0.717) is 17.5 Å². The maximum Gasteiger partial charge on any atom is 0.253 e. The minimum absolute atomic E-state index is 0.0521. The van der Waals surface area contributed by atoms with Gasteiger partial charge in [-0.15, -0.1) is 0 Å². The molecule has 0 radical (unpaired) electrons. The lowest BCUT2D eigenvalue weighted by Crippen LogP contribution is -2.52. The van der Waals surface area contributed by atoms with Gasteiger partial charge in [0.25, 0.3) is 5.91 Å². The Morgan fingerprint density at radius 2 is 1.80 bits per heavy atom. The van der Waals surface area contributed by atoms with E-state index < -0.39 is 5.82 Å². The van der Waals surface area contributed by atoms with Gasteiger partial charge in [-0.25, -0.2) is 4.39 Å². The number of likely N-dealkylation sites (tertiary alicyclic amines) is 1. The summed E-state index contributed by atoms with van der Waals surface area (Å²) in [6.45, 7) is 8.31. The normalized spacial score (nSPS) is 22.2. The highest BCUT2D eigenvalue weighted by atomic mass is 35.5. The average molecular weight is 368 g/mol. The molecule has 0 aromatic heterocycles. The van der Waals surface area contributed by atoms with E-state index in [2.05, 4.69) is 23.8 Å². The first-order chi connectivity index (χ1) is 12.0. The number of piperazine rings is 1. The number of rotatable bonds is 3. The van der Waals surface area contributed by atoms with E-state index in [0.717, 1.165) is 52.1 Å². The Bertz CT molecular complexity index is 611. The second-order valence-corrected chi connectivity index (χ2v) is 7.75. The van der Waals surface area contributed by atoms with Crippen LogP contribution in [-0.2, 0) is 0 Å². The van der Waals surface area contributed by atoms with E-state index in [1.165, 1.54) is 12.1 Å². The smallest absolute Gasteiger partial charge is 0.253 e. The maximum atomic E-state index is 13.6. The van der Waals surface area contributed by atoms with Gasteiger partial charge in [0.1, 0.15) is 5.82 Å². The lowest BCUT2D eigenvalue weighted by Gasteiger charge is -2.42. The molecule has 2 aliphatic rings. The Hall–Kier alpha value is -1.17. The number of amides is 1. The van der Waals surface area contributed by atoms with Gasteiger partial charge in [0.2, 0.25) is 0 Å². The number of piperidine rings is 1. The fourth-order valence-electron chi connectivity index (χ4n) is 3.92. The van der Waals surface area contributed by atoms with E-state index in [1.54, 1.807) is 6.07 Å². The van der Waals surface area contributed by atoms with Crippen LogP contribution in [0.15, 0.2) is 18.2 Å². The van der Waals surface area contributed by atoms with Crippen molar-refractivity contribution in [2.75, 3.05) is 46.3 Å². The van der Waals surface area contributed by atoms with Gasteiger partial charge in [-0.1, -0.05) is 11.6 Å². The molecular weight excluding hydrogens is 341 g/mol. The Kier molecular flexibility index (Phi) is 5.97. The van der Waals surface area contributed by atoms with Crippen molar-refractivity contribution >= 4 is 17.5 Å². The number of benzene rings is 1. The van der Waals surface area contributed by atoms with Gasteiger partial charge in [0.05, 0.1) is 5.02 Å². The lowest BCUT2D eigenvalue weighted by molar-refractivity contribution is 0.0500. The van der Waals surface area contributed by atoms with Crippen LogP contribution in [0.3, 0.4) is 0 Å². The summed E-state index contributed by atoms with van der Waals surface area (Å²) in [6.07, 6.45) is 2.02. The van der Waals surface area contributed by atoms with Crippen molar-refractivity contribution in [2.45, 2.75) is 25.8 Å². The van der Waals surface area contributed by atoms with Gasteiger partial charge in [-0.2, -0.15) is 0 Å². The summed E-state index contributed by atoms with van der Waals surface area (Å²) in [4.78, 5) is 19.4. The zero-order valence-corrected chi connectivity index (χ0v) is 15.8. The molecule has 6 heteroatoms. The molecule has 3 rings (SSSR count). The van der Waals surface area contributed by atoms with Gasteiger partial charge in [-0.3, -0.25) is 9.69 Å². The highest BCUT2D eigenvalue weighted by Crippen LogP contribution is 2.26. The number of halogens is 2. The van der Waals surface area contributed by atoms with Crippen LogP contribution in [0.4, 0.5) is 4.39 Å². The summed E-state index contributed by atoms with van der Waals surface area (Å²) in [6, 6.07) is 4.85. The molecule has 0 saturated carbocycles. The lowest BCUT2D eigenvalue weighted by atomic mass is 9.88. The van der Waals surface area contributed by atoms with Gasteiger partial charge < -0.3 is 9.80 Å². The van der Waals surface area contributed by atoms with E-state index in [9.17, 15) is 9.18 Å². The zero-order chi connectivity index (χ0) is 18.0. The van der Waals surface area contributed by atoms with E-state index in [1.807, 2.05) is 4.90 Å². The van der Waals surface area contributed by atoms with Crippen LogP contribution in [0.25, 0.3) is 0 Å². The monoisotopic (exact) mass is 367 g/mol. The molecule has 1 amide bonds. The van der Waals surface area contributed by atoms with Crippen molar-refractivity contribution in [3.05, 3.63) is 34.6 Å². The van der Waals surface area contributed by atoms with Crippen LogP contribution in [-0.4, -0.2) is 73.0 Å². The second-order valence-electron chi connectivity index (χ2n) is 7.34. The van der Waals surface area contributed by atoms with Crippen molar-refractivity contribution in [2.24, 2.45) is 5.92 Å². The molecule has 0 spiro atoms. The van der Waals surface area contributed by atoms with Gasteiger partial charge >= 0.3 is 0 Å². The summed E-state index contributed by atoms with van der Waals surface area (Å²) in [5.41, 5.74) is 0.382. The summed E-state index contributed by atoms with van der Waals surface area (Å²) in [5.74, 6) is -0.0123. The van der Waals surface area contributed by atoms with Gasteiger partial charge in [0, 0.05) is 50.9 Å². The van der Waals surface area contributed by atoms with Crippen molar-refractivity contribution in [3.8, 4) is 0 Å². The molecule has 1 aromatic carbocycles. The van der Waals surface area contributed by atoms with Crippen LogP contribution in [0.1, 0.15) is 30.1 Å². The quantitative estimate of drug-likeness (QED) is 0.821. The van der Waals surface area contributed by atoms with Crippen molar-refractivity contribution in [1.29, 1.82) is 0 Å². The third-order valence-electron chi connectivity index (χ3n) is 5.79. The van der Waals surface area contributed by atoms with Crippen molar-refractivity contribution < 1.29 is 9.18 Å². The van der Waals surface area contributed by atoms with Crippen LogP contribution >= 0.6 is 11.6 Å². The molecule has 2 saturated heterocycles. The topological polar surface area (TPSA) is 26.8 Å². The Morgan fingerprint density at radius 3 is 2.40 bits per heavy atom. The number of hydrogen-bond donors (Lipinski definition) is 0. The Morgan fingerprint density at radius 1 is 1.16 bits per heavy atom. The van der Waals surface area contributed by atoms with E-state index in [-0.39, 0.29) is 10.9 Å². The summed E-state index contributed by atoms with van der Waals surface area (Å²) >= 11 is 5.70. The summed E-state index contributed by atoms with van der Waals surface area (Å²) in [5, 5.41) is 0.0521. The summed E-state index contributed by atoms with van der Waals surface area (Å²) in [7, 11) is 2.17. The highest BCUT2D eigenvalue weighted by Gasteiger charge is 2.30. The van der Waals surface area contributed by atoms with Crippen LogP contribution < -0.4 is 0 Å². The number of carbonyl (C=O) groups is 1. The van der Waals surface area contributed by atoms with Crippen LogP contribution in [0.2, 0.25) is 5.02 Å². The predicted octanol–water partition coefficient (Wildman–Crippen LogP) is 2.97. The molecule has 0 bridgehead atoms. The van der Waals surface area contributed by atoms with Crippen LogP contribution in [0.5, 0.6) is 0 Å². The van der Waals surface area contributed by atoms with Crippen molar-refractivity contribution in [1.82, 2.24) is 14.7 Å². The minimum Gasteiger partial charge on any atom is -0.339 e. The highest BCUT2D eigenvalue weighted by molar-refractivity contribution is 6.30. The Balaban J connectivity index is 1.54. The first-order valence-electron chi connectivity index (χ1n) is 9.12. The molecule has 1 unspecified atom stereocenters. The molecule has 2 heterocycles. The molecule has 0 aliphatic carbocycles. The molecule has 4 nitrogen and oxygen atoms in total. The fraction of sp³-hybridized carbons (Fsp3) is 0.632. The molecule has 25 heavy (non-hydrogen) atoms. The first kappa shape index (κ1) is 18.6. The van der Waals surface area contributed by atoms with Crippen molar-refractivity contribution in [3.63, 3.8) is 0 Å². The number of hydrogen-bond acceptors (Lipinski definition) is 3. The second kappa shape index (κ2) is 8.02. The van der Waals surface area contributed by atoms with Crippen LogP contribution in [0, 0.1) is 11.7 Å². The molecule has 138 valence electrons.